The van der Waals surface area contributed by atoms with Crippen molar-refractivity contribution >= 4 is 46.5 Å². The maximum absolute atomic E-state index is 13.1. The van der Waals surface area contributed by atoms with Crippen molar-refractivity contribution in [3.63, 3.8) is 0 Å². The Hall–Kier alpha value is -7.25. The molecule has 1 saturated heterocycles. The van der Waals surface area contributed by atoms with E-state index in [4.69, 9.17) is 29.6 Å². The molecule has 4 aromatic carbocycles. The Morgan fingerprint density at radius 3 is 2.03 bits per heavy atom. The standard InChI is InChI=1S/C44H47N9O5.C2HF3O2/c1-2-37(54)49-35-24-36(40(56)39(35)55)53-27-46-38-41(45-25-34(28-12-6-3-7-13-28)29-14-8-4-9-15-29)50-43(51-42(38)53)52-23-22-31(26-52)48-44(57)47-30-18-20-33(21-19-30)58-32-16-10-5-11-17-32;3-2(4,5)1(6)7/h3-21,27,31,34-36,39-40,55-56H,2,22-26H2,1H3,(H,49,54)(H,45,50,51)(H2,47,48,57);(H,6,7)/t31-,35+,36-,39-,40+;/m1./s1. The van der Waals surface area contributed by atoms with Crippen molar-refractivity contribution in [2.75, 3.05) is 35.2 Å². The van der Waals surface area contributed by atoms with Crippen LogP contribution in [-0.2, 0) is 9.59 Å². The monoisotopic (exact) mass is 895 g/mol. The number of hydrogen-bond acceptors (Lipinski definition) is 11. The van der Waals surface area contributed by atoms with Crippen LogP contribution in [-0.4, -0.2) is 103 Å². The summed E-state index contributed by atoms with van der Waals surface area (Å²) >= 11 is 0. The molecule has 1 aliphatic heterocycles. The maximum atomic E-state index is 13.1. The molecule has 0 radical (unpaired) electrons. The van der Waals surface area contributed by atoms with Gasteiger partial charge in [-0.1, -0.05) is 85.8 Å². The summed E-state index contributed by atoms with van der Waals surface area (Å²) in [6.45, 7) is 3.30. The molecule has 16 nitrogen and oxygen atoms in total. The SMILES string of the molecule is CCC(=O)N[C@H]1C[C@@H](n2cnc3c(NCC(c4ccccc4)c4ccccc4)nc(N4CC[C@@H](NC(=O)Nc5ccc(Oc6ccccc6)cc5)C4)nc32)[C@H](O)[C@@H]1O.O=C(O)C(F)(F)F. The Bertz CT molecular complexity index is 2500. The van der Waals surface area contributed by atoms with Crippen molar-refractivity contribution in [2.45, 2.75) is 68.6 Å². The molecule has 5 atom stereocenters. The number of rotatable bonds is 13. The van der Waals surface area contributed by atoms with Crippen molar-refractivity contribution in [1.82, 2.24) is 30.2 Å². The largest absolute Gasteiger partial charge is 0.490 e. The highest BCUT2D eigenvalue weighted by Crippen LogP contribution is 2.36. The lowest BCUT2D eigenvalue weighted by Crippen LogP contribution is -2.42. The van der Waals surface area contributed by atoms with Gasteiger partial charge in [-0.05, 0) is 60.4 Å². The Balaban J connectivity index is 0.000000833. The third kappa shape index (κ3) is 11.5. The third-order valence-electron chi connectivity index (χ3n) is 11.1. The van der Waals surface area contributed by atoms with Crippen LogP contribution in [0.15, 0.2) is 122 Å². The molecule has 8 rings (SSSR count). The van der Waals surface area contributed by atoms with E-state index >= 15 is 0 Å². The number of anilines is 3. The lowest BCUT2D eigenvalue weighted by atomic mass is 9.91. The zero-order chi connectivity index (χ0) is 46.1. The van der Waals surface area contributed by atoms with Crippen LogP contribution in [0.4, 0.5) is 35.4 Å². The number of aromatic nitrogens is 4. The first-order valence-electron chi connectivity index (χ1n) is 21.0. The van der Waals surface area contributed by atoms with Gasteiger partial charge in [-0.25, -0.2) is 14.6 Å². The van der Waals surface area contributed by atoms with E-state index in [0.717, 1.165) is 16.9 Å². The molecule has 1 aliphatic carbocycles. The molecule has 7 N–H and O–H groups in total. The van der Waals surface area contributed by atoms with Crippen molar-refractivity contribution < 1.29 is 47.6 Å². The molecule has 340 valence electrons. The van der Waals surface area contributed by atoms with E-state index in [1.54, 1.807) is 42.1 Å². The lowest BCUT2D eigenvalue weighted by Gasteiger charge is -2.22. The number of carbonyl (C=O) groups is 3. The zero-order valence-electron chi connectivity index (χ0n) is 35.1. The van der Waals surface area contributed by atoms with Gasteiger partial charge >= 0.3 is 18.2 Å². The fourth-order valence-electron chi connectivity index (χ4n) is 7.79. The van der Waals surface area contributed by atoms with Gasteiger partial charge in [0.05, 0.1) is 18.4 Å². The van der Waals surface area contributed by atoms with Crippen molar-refractivity contribution in [2.24, 2.45) is 0 Å². The van der Waals surface area contributed by atoms with Crippen LogP contribution in [0.5, 0.6) is 11.5 Å². The predicted octanol–water partition coefficient (Wildman–Crippen LogP) is 6.46. The van der Waals surface area contributed by atoms with E-state index in [-0.39, 0.29) is 30.3 Å². The van der Waals surface area contributed by atoms with Gasteiger partial charge in [0.15, 0.2) is 17.0 Å². The number of nitrogens with one attached hydrogen (secondary N) is 4. The lowest BCUT2D eigenvalue weighted by molar-refractivity contribution is -0.192. The minimum Gasteiger partial charge on any atom is -0.475 e. The molecule has 19 heteroatoms. The third-order valence-corrected chi connectivity index (χ3v) is 11.1. The summed E-state index contributed by atoms with van der Waals surface area (Å²) in [7, 11) is 0. The number of imidazole rings is 1. The summed E-state index contributed by atoms with van der Waals surface area (Å²) in [6, 6.07) is 35.5. The minimum absolute atomic E-state index is 0.000779. The Morgan fingerprint density at radius 1 is 0.831 bits per heavy atom. The molecule has 1 saturated carbocycles. The number of carboxylic acid groups (broad SMARTS) is 1. The number of para-hydroxylation sites is 1. The number of aliphatic hydroxyl groups excluding tert-OH is 2. The number of carbonyl (C=O) groups excluding carboxylic acids is 2. The van der Waals surface area contributed by atoms with Crippen LogP contribution in [0, 0.1) is 0 Å². The molecule has 3 heterocycles. The molecule has 0 spiro atoms. The van der Waals surface area contributed by atoms with Crippen LogP contribution in [0.3, 0.4) is 0 Å². The number of halogens is 3. The Labute approximate surface area is 371 Å². The number of benzene rings is 4. The van der Waals surface area contributed by atoms with Gasteiger partial charge in [-0.3, -0.25) is 4.79 Å². The number of ether oxygens (including phenoxy) is 1. The number of aliphatic hydroxyl groups is 2. The summed E-state index contributed by atoms with van der Waals surface area (Å²) in [6.07, 6.45) is -4.57. The number of hydrogen-bond donors (Lipinski definition) is 7. The Kier molecular flexibility index (Phi) is 14.4. The first-order chi connectivity index (χ1) is 31.3. The summed E-state index contributed by atoms with van der Waals surface area (Å²) in [4.78, 5) is 51.1. The summed E-state index contributed by atoms with van der Waals surface area (Å²) in [5.41, 5.74) is 3.91. The summed E-state index contributed by atoms with van der Waals surface area (Å²) in [5.74, 6) is -0.609. The van der Waals surface area contributed by atoms with E-state index in [1.807, 2.05) is 71.6 Å². The first-order valence-corrected chi connectivity index (χ1v) is 21.0. The van der Waals surface area contributed by atoms with Gasteiger partial charge < -0.3 is 50.8 Å². The second-order valence-corrected chi connectivity index (χ2v) is 15.5. The van der Waals surface area contributed by atoms with Crippen molar-refractivity contribution in [3.05, 3.63) is 133 Å². The second-order valence-electron chi connectivity index (χ2n) is 15.5. The van der Waals surface area contributed by atoms with Gasteiger partial charge in [0.2, 0.25) is 11.9 Å². The minimum atomic E-state index is -5.08. The number of alkyl halides is 3. The quantitative estimate of drug-likeness (QED) is 0.0666. The molecule has 0 bridgehead atoms. The van der Waals surface area contributed by atoms with Crippen molar-refractivity contribution in [1.29, 1.82) is 0 Å². The van der Waals surface area contributed by atoms with E-state index in [0.29, 0.717) is 66.8 Å². The molecule has 0 unspecified atom stereocenters. The Morgan fingerprint density at radius 2 is 1.43 bits per heavy atom. The van der Waals surface area contributed by atoms with Crippen LogP contribution >= 0.6 is 0 Å². The van der Waals surface area contributed by atoms with Gasteiger partial charge in [0, 0.05) is 43.7 Å². The smallest absolute Gasteiger partial charge is 0.475 e. The molecule has 2 aromatic heterocycles. The number of nitrogens with zero attached hydrogens (tertiary/aromatic N) is 5. The molecule has 2 fully saturated rings. The number of fused-ring (bicyclic) bond motifs is 1. The van der Waals surface area contributed by atoms with Crippen LogP contribution in [0.25, 0.3) is 11.2 Å². The highest BCUT2D eigenvalue weighted by atomic mass is 19.4. The van der Waals surface area contributed by atoms with E-state index in [9.17, 15) is 33.0 Å². The van der Waals surface area contributed by atoms with E-state index < -0.39 is 36.4 Å². The number of aliphatic carboxylic acids is 1. The fourth-order valence-corrected chi connectivity index (χ4v) is 7.79. The predicted molar refractivity (Wildman–Crippen MR) is 236 cm³/mol. The molecular formula is C46H48F3N9O7. The maximum Gasteiger partial charge on any atom is 0.490 e. The normalized spacial score (nSPS) is 19.3. The van der Waals surface area contributed by atoms with Gasteiger partial charge in [0.25, 0.3) is 0 Å². The molecular weight excluding hydrogens is 848 g/mol. The number of amides is 3. The van der Waals surface area contributed by atoms with Crippen LogP contribution < -0.4 is 30.9 Å². The van der Waals surface area contributed by atoms with Crippen LogP contribution in [0.2, 0.25) is 0 Å². The summed E-state index contributed by atoms with van der Waals surface area (Å²) < 4.78 is 39.4. The van der Waals surface area contributed by atoms with Gasteiger partial charge in [-0.15, -0.1) is 0 Å². The topological polar surface area (TPSA) is 216 Å². The average Bonchev–Trinajstić information content (AvgIpc) is 4.02. The van der Waals surface area contributed by atoms with Crippen LogP contribution in [0.1, 0.15) is 49.3 Å². The highest BCUT2D eigenvalue weighted by Gasteiger charge is 2.44. The van der Waals surface area contributed by atoms with E-state index in [2.05, 4.69) is 45.5 Å². The number of carboxylic acids is 1. The second kappa shape index (κ2) is 20.5. The fraction of sp³-hybridized carbons (Fsp3) is 0.304. The first kappa shape index (κ1) is 45.8. The molecule has 3 amide bonds. The highest BCUT2D eigenvalue weighted by molar-refractivity contribution is 5.89. The average molecular weight is 896 g/mol. The van der Waals surface area contributed by atoms with Gasteiger partial charge in [0.1, 0.15) is 23.7 Å². The van der Waals surface area contributed by atoms with E-state index in [1.165, 1.54) is 0 Å². The number of urea groups is 1. The van der Waals surface area contributed by atoms with Gasteiger partial charge in [-0.2, -0.15) is 23.1 Å². The molecule has 6 aromatic rings. The van der Waals surface area contributed by atoms with Crippen molar-refractivity contribution in [3.8, 4) is 11.5 Å². The molecule has 65 heavy (non-hydrogen) atoms. The zero-order valence-corrected chi connectivity index (χ0v) is 35.1. The summed E-state index contributed by atoms with van der Waals surface area (Å²) in [5, 5.41) is 41.8. The molecule has 2 aliphatic rings.